The normalized spacial score (nSPS) is 32.4. The minimum Gasteiger partial charge on any atom is -0.386 e. The molecule has 3 rings (SSSR count). The van der Waals surface area contributed by atoms with E-state index in [1.807, 2.05) is 24.3 Å². The fraction of sp³-hybridized carbons (Fsp3) is 0.471. The standard InChI is InChI=1S/C17H17BrN4O2/c1-3-23-17(24-4-2)16(10-20)13(11-5-7-12(18)8-6-11)15(16,9-19)14(21)22-17/h5-8,13H,3-4H2,1-2H3,(H2,21,22). The van der Waals surface area contributed by atoms with Gasteiger partial charge in [-0.05, 0) is 31.5 Å². The van der Waals surface area contributed by atoms with Crippen LogP contribution in [0.5, 0.6) is 0 Å². The van der Waals surface area contributed by atoms with Gasteiger partial charge in [0.25, 0.3) is 5.91 Å². The molecular formula is C17H17BrN4O2. The van der Waals surface area contributed by atoms with Gasteiger partial charge in [0.2, 0.25) is 0 Å². The van der Waals surface area contributed by atoms with Crippen LogP contribution in [0.25, 0.3) is 0 Å². The van der Waals surface area contributed by atoms with Crippen molar-refractivity contribution in [2.75, 3.05) is 13.2 Å². The van der Waals surface area contributed by atoms with Crippen molar-refractivity contribution < 1.29 is 9.47 Å². The number of hydrogen-bond acceptors (Lipinski definition) is 6. The van der Waals surface area contributed by atoms with Crippen molar-refractivity contribution in [2.45, 2.75) is 25.7 Å². The quantitative estimate of drug-likeness (QED) is 0.780. The van der Waals surface area contributed by atoms with Crippen LogP contribution in [0.15, 0.2) is 33.7 Å². The molecule has 7 heteroatoms. The van der Waals surface area contributed by atoms with Crippen molar-refractivity contribution in [1.82, 2.24) is 0 Å². The highest BCUT2D eigenvalue weighted by Gasteiger charge is 2.93. The zero-order valence-corrected chi connectivity index (χ0v) is 15.0. The minimum atomic E-state index is -1.55. The van der Waals surface area contributed by atoms with Gasteiger partial charge in [-0.15, -0.1) is 0 Å². The van der Waals surface area contributed by atoms with Crippen molar-refractivity contribution >= 4 is 21.8 Å². The first kappa shape index (κ1) is 16.9. The number of halogens is 1. The average Bonchev–Trinajstić information content (AvgIpc) is 3.15. The summed E-state index contributed by atoms with van der Waals surface area (Å²) in [5.41, 5.74) is 4.43. The Morgan fingerprint density at radius 3 is 2.21 bits per heavy atom. The molecule has 0 bridgehead atoms. The third-order valence-corrected chi connectivity index (χ3v) is 5.34. The van der Waals surface area contributed by atoms with E-state index in [1.54, 1.807) is 13.8 Å². The van der Waals surface area contributed by atoms with Crippen LogP contribution in [0, 0.1) is 33.5 Å². The van der Waals surface area contributed by atoms with Gasteiger partial charge in [0, 0.05) is 23.6 Å². The van der Waals surface area contributed by atoms with Gasteiger partial charge >= 0.3 is 0 Å². The van der Waals surface area contributed by atoms with Gasteiger partial charge < -0.3 is 15.2 Å². The highest BCUT2D eigenvalue weighted by molar-refractivity contribution is 9.10. The number of ether oxygens (including phenoxy) is 2. The highest BCUT2D eigenvalue weighted by Crippen LogP contribution is 2.81. The summed E-state index contributed by atoms with van der Waals surface area (Å²) in [4.78, 5) is 4.31. The van der Waals surface area contributed by atoms with Crippen LogP contribution in [0.4, 0.5) is 0 Å². The van der Waals surface area contributed by atoms with Gasteiger partial charge in [-0.1, -0.05) is 28.1 Å². The van der Waals surface area contributed by atoms with E-state index in [0.717, 1.165) is 10.0 Å². The average molecular weight is 389 g/mol. The van der Waals surface area contributed by atoms with Gasteiger partial charge in [-0.3, -0.25) is 0 Å². The van der Waals surface area contributed by atoms with Crippen LogP contribution in [-0.4, -0.2) is 25.0 Å². The summed E-state index contributed by atoms with van der Waals surface area (Å²) >= 11 is 3.39. The third kappa shape index (κ3) is 1.72. The lowest BCUT2D eigenvalue weighted by atomic mass is 9.93. The van der Waals surface area contributed by atoms with Crippen molar-refractivity contribution in [3.05, 3.63) is 34.3 Å². The molecule has 1 fully saturated rings. The number of nitrogens with two attached hydrogens (primary N) is 1. The second kappa shape index (κ2) is 5.56. The lowest BCUT2D eigenvalue weighted by Gasteiger charge is -2.31. The third-order valence-electron chi connectivity index (χ3n) is 4.81. The molecule has 1 aliphatic carbocycles. The summed E-state index contributed by atoms with van der Waals surface area (Å²) in [7, 11) is 0. The lowest BCUT2D eigenvalue weighted by molar-refractivity contribution is -0.255. The van der Waals surface area contributed by atoms with Crippen LogP contribution in [-0.2, 0) is 9.47 Å². The molecule has 0 amide bonds. The second-order valence-corrected chi connectivity index (χ2v) is 6.68. The largest absolute Gasteiger partial charge is 0.386 e. The molecule has 0 aromatic heterocycles. The molecule has 1 heterocycles. The molecule has 2 aliphatic rings. The monoisotopic (exact) mass is 388 g/mol. The molecule has 3 atom stereocenters. The molecule has 1 aromatic rings. The van der Waals surface area contributed by atoms with Gasteiger partial charge in [0.05, 0.1) is 12.1 Å². The number of benzene rings is 1. The number of amidine groups is 1. The maximum atomic E-state index is 10.1. The van der Waals surface area contributed by atoms with E-state index in [4.69, 9.17) is 15.2 Å². The van der Waals surface area contributed by atoms with Crippen molar-refractivity contribution in [2.24, 2.45) is 21.6 Å². The molecule has 24 heavy (non-hydrogen) atoms. The summed E-state index contributed by atoms with van der Waals surface area (Å²) in [6.07, 6.45) is 0. The predicted molar refractivity (Wildman–Crippen MR) is 90.6 cm³/mol. The number of rotatable bonds is 5. The predicted octanol–water partition coefficient (Wildman–Crippen LogP) is 2.66. The Labute approximate surface area is 149 Å². The van der Waals surface area contributed by atoms with Crippen molar-refractivity contribution in [1.29, 1.82) is 10.5 Å². The molecule has 124 valence electrons. The summed E-state index contributed by atoms with van der Waals surface area (Å²) in [6.45, 7) is 4.16. The van der Waals surface area contributed by atoms with E-state index in [2.05, 4.69) is 33.1 Å². The number of nitriles is 2. The van der Waals surface area contributed by atoms with Crippen LogP contribution >= 0.6 is 15.9 Å². The summed E-state index contributed by atoms with van der Waals surface area (Å²) < 4.78 is 12.5. The number of aliphatic imine (C=N–C) groups is 1. The van der Waals surface area contributed by atoms with Crippen LogP contribution in [0.1, 0.15) is 25.3 Å². The minimum absolute atomic E-state index is 0.0985. The smallest absolute Gasteiger partial charge is 0.293 e. The number of hydrogen-bond donors (Lipinski definition) is 1. The Kier molecular flexibility index (Phi) is 3.92. The molecule has 3 unspecified atom stereocenters. The summed E-state index contributed by atoms with van der Waals surface area (Å²) in [6, 6.07) is 12.0. The van der Waals surface area contributed by atoms with Gasteiger partial charge in [0.1, 0.15) is 11.3 Å². The Morgan fingerprint density at radius 2 is 1.75 bits per heavy atom. The highest BCUT2D eigenvalue weighted by atomic mass is 79.9. The van der Waals surface area contributed by atoms with Gasteiger partial charge in [-0.25, -0.2) is 4.99 Å². The zero-order valence-electron chi connectivity index (χ0n) is 13.4. The Hall–Kier alpha value is -1.93. The first-order valence-electron chi connectivity index (χ1n) is 7.71. The molecule has 2 N–H and O–H groups in total. The van der Waals surface area contributed by atoms with Gasteiger partial charge in [0.15, 0.2) is 5.41 Å². The SMILES string of the molecule is CCOC1(OCC)N=C(N)C2(C#N)C(c3ccc(Br)cc3)C12C#N. The molecule has 0 saturated heterocycles. The molecule has 6 nitrogen and oxygen atoms in total. The van der Waals surface area contributed by atoms with Crippen LogP contribution in [0.3, 0.4) is 0 Å². The maximum Gasteiger partial charge on any atom is 0.293 e. The van der Waals surface area contributed by atoms with Crippen molar-refractivity contribution in [3.63, 3.8) is 0 Å². The molecule has 1 aliphatic heterocycles. The van der Waals surface area contributed by atoms with E-state index >= 15 is 0 Å². The Bertz CT molecular complexity index is 773. The van der Waals surface area contributed by atoms with E-state index < -0.39 is 22.7 Å². The first-order chi connectivity index (χ1) is 11.5. The Morgan fingerprint density at radius 1 is 1.17 bits per heavy atom. The zero-order chi connectivity index (χ0) is 17.6. The topological polar surface area (TPSA) is 104 Å². The van der Waals surface area contributed by atoms with E-state index in [1.165, 1.54) is 0 Å². The number of fused-ring (bicyclic) bond motifs is 1. The molecule has 1 aromatic carbocycles. The fourth-order valence-electron chi connectivity index (χ4n) is 3.90. The van der Waals surface area contributed by atoms with E-state index in [-0.39, 0.29) is 19.0 Å². The van der Waals surface area contributed by atoms with Crippen LogP contribution in [0.2, 0.25) is 0 Å². The summed E-state index contributed by atoms with van der Waals surface area (Å²) in [5.74, 6) is -1.91. The first-order valence-corrected chi connectivity index (χ1v) is 8.50. The second-order valence-electron chi connectivity index (χ2n) is 5.77. The Balaban J connectivity index is 2.21. The molecule has 0 radical (unpaired) electrons. The van der Waals surface area contributed by atoms with E-state index in [0.29, 0.717) is 0 Å². The summed E-state index contributed by atoms with van der Waals surface area (Å²) in [5, 5.41) is 20.0. The van der Waals surface area contributed by atoms with Crippen LogP contribution < -0.4 is 5.73 Å². The number of nitrogens with zero attached hydrogens (tertiary/aromatic N) is 3. The maximum absolute atomic E-state index is 10.1. The fourth-order valence-corrected chi connectivity index (χ4v) is 4.17. The lowest BCUT2D eigenvalue weighted by Crippen LogP contribution is -2.43. The molecule has 1 saturated carbocycles. The van der Waals surface area contributed by atoms with Crippen molar-refractivity contribution in [3.8, 4) is 12.1 Å². The van der Waals surface area contributed by atoms with Gasteiger partial charge in [-0.2, -0.15) is 10.5 Å². The molecule has 0 spiro atoms. The van der Waals surface area contributed by atoms with E-state index in [9.17, 15) is 10.5 Å². The molecular weight excluding hydrogens is 372 g/mol.